The van der Waals surface area contributed by atoms with Gasteiger partial charge in [0, 0.05) is 28.4 Å². The molecule has 31 heavy (non-hydrogen) atoms. The summed E-state index contributed by atoms with van der Waals surface area (Å²) in [5.74, 6) is -1.69. The van der Waals surface area contributed by atoms with Crippen molar-refractivity contribution in [3.05, 3.63) is 83.9 Å². The van der Waals surface area contributed by atoms with Gasteiger partial charge in [0.2, 0.25) is 0 Å². The van der Waals surface area contributed by atoms with Crippen molar-refractivity contribution in [1.29, 1.82) is 0 Å². The van der Waals surface area contributed by atoms with Crippen LogP contribution in [0.3, 0.4) is 0 Å². The van der Waals surface area contributed by atoms with Crippen LogP contribution in [0.15, 0.2) is 83.5 Å². The second-order valence-corrected chi connectivity index (χ2v) is 7.30. The number of rotatable bonds is 4. The Kier molecular flexibility index (Phi) is 4.40. The molecule has 0 unspecified atom stereocenters. The van der Waals surface area contributed by atoms with Crippen molar-refractivity contribution in [2.24, 2.45) is 5.10 Å². The van der Waals surface area contributed by atoms with Crippen LogP contribution < -0.4 is 5.01 Å². The Morgan fingerprint density at radius 3 is 2.42 bits per heavy atom. The van der Waals surface area contributed by atoms with Crippen LogP contribution in [0.25, 0.3) is 27.9 Å². The van der Waals surface area contributed by atoms with Crippen molar-refractivity contribution in [1.82, 2.24) is 4.57 Å². The number of carbonyl (C=O) groups excluding carboxylic acids is 1. The predicted octanol–water partition coefficient (Wildman–Crippen LogP) is 4.69. The smallest absolute Gasteiger partial charge is 0.357 e. The lowest BCUT2D eigenvalue weighted by atomic mass is 10.0. The molecule has 1 amide bonds. The van der Waals surface area contributed by atoms with Gasteiger partial charge >= 0.3 is 5.97 Å². The highest BCUT2D eigenvalue weighted by atomic mass is 16.4. The number of anilines is 1. The highest BCUT2D eigenvalue weighted by Crippen LogP contribution is 2.31. The SMILES string of the molecule is CCn1c2ccccc2c2cc(C=C3C(=O)N(c4ccccc4)N=C3C(=O)O)ccc21. The molecule has 0 aliphatic carbocycles. The molecule has 0 spiro atoms. The van der Waals surface area contributed by atoms with Gasteiger partial charge in [0.05, 0.1) is 11.3 Å². The number of nitrogens with zero attached hydrogens (tertiary/aromatic N) is 3. The number of para-hydroxylation sites is 2. The number of carbonyl (C=O) groups is 2. The van der Waals surface area contributed by atoms with Crippen LogP contribution in [0.2, 0.25) is 0 Å². The van der Waals surface area contributed by atoms with Gasteiger partial charge in [0.15, 0.2) is 5.71 Å². The van der Waals surface area contributed by atoms with Crippen molar-refractivity contribution >= 4 is 51.2 Å². The van der Waals surface area contributed by atoms with Gasteiger partial charge < -0.3 is 9.67 Å². The molecular formula is C25H19N3O3. The molecule has 0 fully saturated rings. The Hall–Kier alpha value is -4.19. The Balaban J connectivity index is 1.64. The molecule has 4 aromatic rings. The Morgan fingerprint density at radius 1 is 0.968 bits per heavy atom. The first kappa shape index (κ1) is 18.8. The van der Waals surface area contributed by atoms with E-state index in [1.165, 1.54) is 0 Å². The molecule has 1 aliphatic heterocycles. The minimum Gasteiger partial charge on any atom is -0.476 e. The predicted molar refractivity (Wildman–Crippen MR) is 122 cm³/mol. The van der Waals surface area contributed by atoms with Crippen LogP contribution >= 0.6 is 0 Å². The van der Waals surface area contributed by atoms with Gasteiger partial charge in [0.1, 0.15) is 0 Å². The number of hydrogen-bond acceptors (Lipinski definition) is 3. The number of carboxylic acid groups (broad SMARTS) is 1. The maximum Gasteiger partial charge on any atom is 0.357 e. The molecule has 3 aromatic carbocycles. The van der Waals surface area contributed by atoms with Gasteiger partial charge in [-0.1, -0.05) is 42.5 Å². The third kappa shape index (κ3) is 3.00. The van der Waals surface area contributed by atoms with Crippen molar-refractivity contribution in [2.75, 3.05) is 5.01 Å². The first-order chi connectivity index (χ1) is 15.1. The Bertz CT molecular complexity index is 1410. The second-order valence-electron chi connectivity index (χ2n) is 7.30. The van der Waals surface area contributed by atoms with Crippen molar-refractivity contribution in [3.8, 4) is 0 Å². The topological polar surface area (TPSA) is 74.9 Å². The van der Waals surface area contributed by atoms with E-state index in [4.69, 9.17) is 0 Å². The van der Waals surface area contributed by atoms with E-state index in [-0.39, 0.29) is 11.3 Å². The molecule has 5 rings (SSSR count). The molecule has 0 saturated carbocycles. The number of amides is 1. The highest BCUT2D eigenvalue weighted by Gasteiger charge is 2.35. The molecule has 2 heterocycles. The lowest BCUT2D eigenvalue weighted by Crippen LogP contribution is -2.22. The Labute approximate surface area is 178 Å². The van der Waals surface area contributed by atoms with Crippen molar-refractivity contribution < 1.29 is 14.7 Å². The zero-order chi connectivity index (χ0) is 21.5. The number of aliphatic carboxylic acids is 1. The minimum atomic E-state index is -1.23. The molecule has 1 aromatic heterocycles. The van der Waals surface area contributed by atoms with Crippen LogP contribution in [-0.2, 0) is 16.1 Å². The van der Waals surface area contributed by atoms with Crippen LogP contribution in [0, 0.1) is 0 Å². The fourth-order valence-electron chi connectivity index (χ4n) is 4.12. The van der Waals surface area contributed by atoms with E-state index < -0.39 is 11.9 Å². The molecule has 6 heteroatoms. The molecule has 1 N–H and O–H groups in total. The first-order valence-electron chi connectivity index (χ1n) is 10.0. The molecular weight excluding hydrogens is 390 g/mol. The number of benzene rings is 3. The zero-order valence-electron chi connectivity index (χ0n) is 16.8. The lowest BCUT2D eigenvalue weighted by molar-refractivity contribution is -0.129. The van der Waals surface area contributed by atoms with Crippen molar-refractivity contribution in [3.63, 3.8) is 0 Å². The average Bonchev–Trinajstić information content (AvgIpc) is 3.29. The van der Waals surface area contributed by atoms with Gasteiger partial charge in [-0.05, 0) is 48.9 Å². The summed E-state index contributed by atoms with van der Waals surface area (Å²) in [7, 11) is 0. The molecule has 1 aliphatic rings. The molecule has 0 bridgehead atoms. The summed E-state index contributed by atoms with van der Waals surface area (Å²) < 4.78 is 2.24. The average molecular weight is 409 g/mol. The van der Waals surface area contributed by atoms with E-state index in [2.05, 4.69) is 28.7 Å². The van der Waals surface area contributed by atoms with E-state index >= 15 is 0 Å². The van der Waals surface area contributed by atoms with Crippen LogP contribution in [0.1, 0.15) is 12.5 Å². The van der Waals surface area contributed by atoms with Gasteiger partial charge in [-0.3, -0.25) is 4.79 Å². The summed E-state index contributed by atoms with van der Waals surface area (Å²) in [5.41, 5.74) is 3.32. The number of aromatic nitrogens is 1. The zero-order valence-corrected chi connectivity index (χ0v) is 16.8. The third-order valence-electron chi connectivity index (χ3n) is 5.50. The number of carboxylic acids is 1. The van der Waals surface area contributed by atoms with Gasteiger partial charge in [-0.25, -0.2) is 4.79 Å². The van der Waals surface area contributed by atoms with Crippen LogP contribution in [-0.4, -0.2) is 27.3 Å². The minimum absolute atomic E-state index is 0.0648. The molecule has 0 atom stereocenters. The standard InChI is InChI=1S/C25H19N3O3/c1-2-27-21-11-7-6-10-18(21)19-14-16(12-13-22(19)27)15-20-23(25(30)31)26-28(24(20)29)17-8-4-3-5-9-17/h3-15H,2H2,1H3,(H,30,31). The maximum absolute atomic E-state index is 13.0. The highest BCUT2D eigenvalue weighted by molar-refractivity contribution is 6.53. The number of hydrazone groups is 1. The fraction of sp³-hybridized carbons (Fsp3) is 0.0800. The molecule has 0 radical (unpaired) electrons. The molecule has 152 valence electrons. The van der Waals surface area contributed by atoms with Crippen LogP contribution in [0.4, 0.5) is 5.69 Å². The third-order valence-corrected chi connectivity index (χ3v) is 5.50. The molecule has 0 saturated heterocycles. The number of aryl methyl sites for hydroxylation is 1. The van der Waals surface area contributed by atoms with E-state index in [9.17, 15) is 14.7 Å². The summed E-state index contributed by atoms with van der Waals surface area (Å²) in [6.07, 6.45) is 1.61. The first-order valence-corrected chi connectivity index (χ1v) is 10.0. The summed E-state index contributed by atoms with van der Waals surface area (Å²) in [5, 5.41) is 17.0. The summed E-state index contributed by atoms with van der Waals surface area (Å²) in [6, 6.07) is 22.9. The largest absolute Gasteiger partial charge is 0.476 e. The lowest BCUT2D eigenvalue weighted by Gasteiger charge is -2.10. The maximum atomic E-state index is 13.0. The van der Waals surface area contributed by atoms with E-state index in [0.717, 1.165) is 38.9 Å². The van der Waals surface area contributed by atoms with E-state index in [1.807, 2.05) is 36.4 Å². The fourth-order valence-corrected chi connectivity index (χ4v) is 4.12. The van der Waals surface area contributed by atoms with Gasteiger partial charge in [-0.2, -0.15) is 10.1 Å². The summed E-state index contributed by atoms with van der Waals surface area (Å²) in [4.78, 5) is 24.8. The normalized spacial score (nSPS) is 15.3. The second kappa shape index (κ2) is 7.25. The van der Waals surface area contributed by atoms with Crippen molar-refractivity contribution in [2.45, 2.75) is 13.5 Å². The monoisotopic (exact) mass is 409 g/mol. The van der Waals surface area contributed by atoms with Gasteiger partial charge in [-0.15, -0.1) is 0 Å². The quantitative estimate of drug-likeness (QED) is 0.497. The molecule has 6 nitrogen and oxygen atoms in total. The number of fused-ring (bicyclic) bond motifs is 3. The number of hydrogen-bond donors (Lipinski definition) is 1. The summed E-state index contributed by atoms with van der Waals surface area (Å²) >= 11 is 0. The summed E-state index contributed by atoms with van der Waals surface area (Å²) in [6.45, 7) is 2.94. The van der Waals surface area contributed by atoms with E-state index in [1.54, 1.807) is 30.3 Å². The van der Waals surface area contributed by atoms with Crippen LogP contribution in [0.5, 0.6) is 0 Å². The Morgan fingerprint density at radius 2 is 1.68 bits per heavy atom. The van der Waals surface area contributed by atoms with E-state index in [0.29, 0.717) is 5.69 Å². The van der Waals surface area contributed by atoms with Gasteiger partial charge in [0.25, 0.3) is 5.91 Å².